The van der Waals surface area contributed by atoms with Crippen LogP contribution in [0.25, 0.3) is 0 Å². The van der Waals surface area contributed by atoms with Crippen LogP contribution in [0.2, 0.25) is 0 Å². The topological polar surface area (TPSA) is 41.5 Å². The van der Waals surface area contributed by atoms with Crippen molar-refractivity contribution in [2.24, 2.45) is 5.10 Å². The summed E-state index contributed by atoms with van der Waals surface area (Å²) in [5.74, 6) is -0.133. The van der Waals surface area contributed by atoms with Crippen LogP contribution in [-0.4, -0.2) is 12.1 Å². The summed E-state index contributed by atoms with van der Waals surface area (Å²) >= 11 is 3.22. The molecule has 0 fully saturated rings. The van der Waals surface area contributed by atoms with Gasteiger partial charge in [-0.15, -0.1) is 22.7 Å². The van der Waals surface area contributed by atoms with Crippen molar-refractivity contribution in [2.75, 3.05) is 0 Å². The maximum atomic E-state index is 12.0. The molecule has 2 heterocycles. The Labute approximate surface area is 121 Å². The fraction of sp³-hybridized carbons (Fsp3) is 0.286. The molecule has 0 spiro atoms. The van der Waals surface area contributed by atoms with Crippen LogP contribution in [0.4, 0.5) is 0 Å². The van der Waals surface area contributed by atoms with E-state index in [0.717, 1.165) is 22.4 Å². The van der Waals surface area contributed by atoms with E-state index in [1.54, 1.807) is 28.9 Å². The average Bonchev–Trinajstić information content (AvgIpc) is 2.96. The van der Waals surface area contributed by atoms with E-state index in [2.05, 4.69) is 17.5 Å². The first kappa shape index (κ1) is 14.0. The standard InChI is InChI=1S/C14H16N2OS2/c1-4-11-10(3)19-8-12(11)14(17)16-15-7-13-9(2)5-6-18-13/h5-8H,4H2,1-3H3,(H,16,17). The van der Waals surface area contributed by atoms with E-state index in [9.17, 15) is 4.79 Å². The number of aryl methyl sites for hydroxylation is 2. The Morgan fingerprint density at radius 1 is 1.42 bits per heavy atom. The summed E-state index contributed by atoms with van der Waals surface area (Å²) in [6.07, 6.45) is 2.56. The summed E-state index contributed by atoms with van der Waals surface area (Å²) in [5.41, 5.74) is 5.62. The van der Waals surface area contributed by atoms with Gasteiger partial charge in [-0.3, -0.25) is 4.79 Å². The van der Waals surface area contributed by atoms with Crippen molar-refractivity contribution in [3.8, 4) is 0 Å². The number of hydrogen-bond acceptors (Lipinski definition) is 4. The second-order valence-corrected chi connectivity index (χ2v) is 6.24. The van der Waals surface area contributed by atoms with Crippen molar-refractivity contribution in [3.63, 3.8) is 0 Å². The number of carbonyl (C=O) groups excluding carboxylic acids is 1. The molecule has 1 N–H and O–H groups in total. The van der Waals surface area contributed by atoms with E-state index in [1.165, 1.54) is 10.4 Å². The second-order valence-electron chi connectivity index (χ2n) is 4.20. The van der Waals surface area contributed by atoms with Crippen molar-refractivity contribution < 1.29 is 4.79 Å². The minimum atomic E-state index is -0.133. The number of amides is 1. The molecule has 3 nitrogen and oxygen atoms in total. The molecule has 0 saturated carbocycles. The fourth-order valence-corrected chi connectivity index (χ4v) is 3.56. The number of nitrogens with one attached hydrogen (secondary N) is 1. The summed E-state index contributed by atoms with van der Waals surface area (Å²) in [4.78, 5) is 14.3. The lowest BCUT2D eigenvalue weighted by molar-refractivity contribution is 0.0954. The highest BCUT2D eigenvalue weighted by Gasteiger charge is 2.13. The molecule has 2 aromatic heterocycles. The summed E-state index contributed by atoms with van der Waals surface area (Å²) < 4.78 is 0. The Balaban J connectivity index is 2.06. The predicted molar refractivity (Wildman–Crippen MR) is 82.6 cm³/mol. The van der Waals surface area contributed by atoms with Crippen LogP contribution in [0.3, 0.4) is 0 Å². The van der Waals surface area contributed by atoms with Gasteiger partial charge in [0.1, 0.15) is 0 Å². The van der Waals surface area contributed by atoms with Gasteiger partial charge in [0, 0.05) is 15.1 Å². The summed E-state index contributed by atoms with van der Waals surface area (Å²) in [6.45, 7) is 6.12. The Bertz CT molecular complexity index is 611. The van der Waals surface area contributed by atoms with Crippen LogP contribution in [0.15, 0.2) is 21.9 Å². The largest absolute Gasteiger partial charge is 0.272 e. The highest BCUT2D eigenvalue weighted by Crippen LogP contribution is 2.22. The number of nitrogens with zero attached hydrogens (tertiary/aromatic N) is 1. The van der Waals surface area contributed by atoms with E-state index in [4.69, 9.17) is 0 Å². The molecule has 0 saturated heterocycles. The van der Waals surface area contributed by atoms with Crippen LogP contribution in [0, 0.1) is 13.8 Å². The minimum Gasteiger partial charge on any atom is -0.267 e. The highest BCUT2D eigenvalue weighted by atomic mass is 32.1. The SMILES string of the molecule is CCc1c(C(=O)NN=Cc2sccc2C)csc1C. The Kier molecular flexibility index (Phi) is 4.50. The lowest BCUT2D eigenvalue weighted by Crippen LogP contribution is -2.18. The Hall–Kier alpha value is -1.46. The molecule has 0 aliphatic rings. The molecule has 0 unspecified atom stereocenters. The van der Waals surface area contributed by atoms with Gasteiger partial charge in [-0.2, -0.15) is 5.10 Å². The molecule has 19 heavy (non-hydrogen) atoms. The molecule has 2 rings (SSSR count). The normalized spacial score (nSPS) is 11.1. The molecule has 0 aliphatic heterocycles. The van der Waals surface area contributed by atoms with Gasteiger partial charge in [0.25, 0.3) is 5.91 Å². The van der Waals surface area contributed by atoms with Gasteiger partial charge in [-0.25, -0.2) is 5.43 Å². The van der Waals surface area contributed by atoms with Crippen LogP contribution >= 0.6 is 22.7 Å². The molecule has 0 bridgehead atoms. The summed E-state index contributed by atoms with van der Waals surface area (Å²) in [6, 6.07) is 2.03. The summed E-state index contributed by atoms with van der Waals surface area (Å²) in [5, 5.41) is 7.93. The smallest absolute Gasteiger partial charge is 0.267 e. The maximum absolute atomic E-state index is 12.0. The lowest BCUT2D eigenvalue weighted by atomic mass is 10.1. The fourth-order valence-electron chi connectivity index (χ4n) is 1.84. The van der Waals surface area contributed by atoms with E-state index in [1.807, 2.05) is 30.7 Å². The molecule has 2 aromatic rings. The molecule has 5 heteroatoms. The van der Waals surface area contributed by atoms with Crippen LogP contribution in [0.5, 0.6) is 0 Å². The predicted octanol–water partition coefficient (Wildman–Crippen LogP) is 3.75. The summed E-state index contributed by atoms with van der Waals surface area (Å²) in [7, 11) is 0. The highest BCUT2D eigenvalue weighted by molar-refractivity contribution is 7.12. The average molecular weight is 292 g/mol. The van der Waals surface area contributed by atoms with E-state index < -0.39 is 0 Å². The molecular weight excluding hydrogens is 276 g/mol. The third-order valence-electron chi connectivity index (χ3n) is 2.95. The van der Waals surface area contributed by atoms with Crippen molar-refractivity contribution in [2.45, 2.75) is 27.2 Å². The van der Waals surface area contributed by atoms with Crippen LogP contribution in [-0.2, 0) is 6.42 Å². The maximum Gasteiger partial charge on any atom is 0.272 e. The molecule has 100 valence electrons. The van der Waals surface area contributed by atoms with Gasteiger partial charge in [-0.05, 0) is 42.8 Å². The first-order valence-electron chi connectivity index (χ1n) is 6.08. The number of carbonyl (C=O) groups is 1. The van der Waals surface area contributed by atoms with Gasteiger partial charge >= 0.3 is 0 Å². The molecular formula is C14H16N2OS2. The first-order valence-corrected chi connectivity index (χ1v) is 7.83. The van der Waals surface area contributed by atoms with Gasteiger partial charge in [0.15, 0.2) is 0 Å². The van der Waals surface area contributed by atoms with E-state index >= 15 is 0 Å². The number of rotatable bonds is 4. The zero-order valence-electron chi connectivity index (χ0n) is 11.2. The first-order chi connectivity index (χ1) is 9.13. The Morgan fingerprint density at radius 3 is 2.84 bits per heavy atom. The van der Waals surface area contributed by atoms with Crippen molar-refractivity contribution in [1.82, 2.24) is 5.43 Å². The van der Waals surface area contributed by atoms with E-state index in [0.29, 0.717) is 0 Å². The number of thiophene rings is 2. The Morgan fingerprint density at radius 2 is 2.21 bits per heavy atom. The van der Waals surface area contributed by atoms with Crippen LogP contribution in [0.1, 0.15) is 38.2 Å². The molecule has 0 atom stereocenters. The lowest BCUT2D eigenvalue weighted by Gasteiger charge is -2.01. The van der Waals surface area contributed by atoms with Crippen molar-refractivity contribution in [1.29, 1.82) is 0 Å². The van der Waals surface area contributed by atoms with E-state index in [-0.39, 0.29) is 5.91 Å². The second kappa shape index (κ2) is 6.12. The van der Waals surface area contributed by atoms with Crippen molar-refractivity contribution in [3.05, 3.63) is 43.3 Å². The zero-order chi connectivity index (χ0) is 13.8. The minimum absolute atomic E-state index is 0.133. The molecule has 1 amide bonds. The number of hydrazone groups is 1. The van der Waals surface area contributed by atoms with Gasteiger partial charge in [0.05, 0.1) is 11.8 Å². The zero-order valence-corrected chi connectivity index (χ0v) is 12.8. The molecule has 0 aromatic carbocycles. The molecule has 0 radical (unpaired) electrons. The monoisotopic (exact) mass is 292 g/mol. The van der Waals surface area contributed by atoms with Crippen molar-refractivity contribution >= 4 is 34.8 Å². The quantitative estimate of drug-likeness (QED) is 0.676. The van der Waals surface area contributed by atoms with Crippen LogP contribution < -0.4 is 5.43 Å². The van der Waals surface area contributed by atoms with Gasteiger partial charge in [0.2, 0.25) is 0 Å². The third-order valence-corrected chi connectivity index (χ3v) is 4.86. The van der Waals surface area contributed by atoms with Gasteiger partial charge in [-0.1, -0.05) is 6.92 Å². The number of hydrogen-bond donors (Lipinski definition) is 1. The molecule has 0 aliphatic carbocycles. The third kappa shape index (κ3) is 3.11. The van der Waals surface area contributed by atoms with Gasteiger partial charge < -0.3 is 0 Å².